The predicted molar refractivity (Wildman–Crippen MR) is 68.2 cm³/mol. The highest BCUT2D eigenvalue weighted by Crippen LogP contribution is 2.28. The van der Waals surface area contributed by atoms with Gasteiger partial charge in [-0.15, -0.1) is 29.7 Å². The molecule has 0 saturated carbocycles. The first-order chi connectivity index (χ1) is 7.27. The Balaban J connectivity index is 2.78. The van der Waals surface area contributed by atoms with Crippen LogP contribution in [-0.2, 0) is 6.54 Å². The molecular weight excluding hydrogens is 246 g/mol. The van der Waals surface area contributed by atoms with Gasteiger partial charge in [0, 0.05) is 6.54 Å². The van der Waals surface area contributed by atoms with Crippen molar-refractivity contribution in [2.75, 3.05) is 6.26 Å². The second-order valence-corrected chi connectivity index (χ2v) is 5.24. The van der Waals surface area contributed by atoms with Crippen molar-refractivity contribution >= 4 is 45.7 Å². The summed E-state index contributed by atoms with van der Waals surface area (Å²) in [5, 5.41) is 0.985. The first kappa shape index (κ1) is 10.8. The van der Waals surface area contributed by atoms with E-state index in [0.717, 1.165) is 19.3 Å². The van der Waals surface area contributed by atoms with Crippen LogP contribution in [0, 0.1) is 3.95 Å². The van der Waals surface area contributed by atoms with Gasteiger partial charge in [-0.05, 0) is 18.5 Å². The van der Waals surface area contributed by atoms with Gasteiger partial charge in [0.15, 0.2) is 9.60 Å². The summed E-state index contributed by atoms with van der Waals surface area (Å²) in [4.78, 5) is 8.48. The molecule has 0 amide bonds. The fraction of sp³-hybridized carbons (Fsp3) is 0.222. The van der Waals surface area contributed by atoms with E-state index in [4.69, 9.17) is 12.2 Å². The van der Waals surface area contributed by atoms with Gasteiger partial charge in [0.05, 0.1) is 0 Å². The molecule has 78 valence electrons. The van der Waals surface area contributed by atoms with Crippen LogP contribution in [0.3, 0.4) is 0 Å². The molecule has 0 spiro atoms. The Morgan fingerprint density at radius 3 is 3.13 bits per heavy atom. The second kappa shape index (κ2) is 4.42. The lowest BCUT2D eigenvalue weighted by Gasteiger charge is -1.99. The van der Waals surface area contributed by atoms with E-state index in [9.17, 15) is 0 Å². The van der Waals surface area contributed by atoms with Crippen molar-refractivity contribution in [3.8, 4) is 0 Å². The fourth-order valence-electron chi connectivity index (χ4n) is 1.29. The number of hydrogen-bond acceptors (Lipinski definition) is 5. The lowest BCUT2D eigenvalue weighted by atomic mass is 10.5. The van der Waals surface area contributed by atoms with Crippen LogP contribution in [0.15, 0.2) is 24.0 Å². The first-order valence-electron chi connectivity index (χ1n) is 4.27. The molecule has 15 heavy (non-hydrogen) atoms. The van der Waals surface area contributed by atoms with Crippen molar-refractivity contribution in [2.24, 2.45) is 0 Å². The minimum Gasteiger partial charge on any atom is -0.304 e. The molecule has 6 heteroatoms. The molecule has 3 nitrogen and oxygen atoms in total. The third kappa shape index (κ3) is 1.84. The molecule has 0 aliphatic rings. The first-order valence-corrected chi connectivity index (χ1v) is 6.72. The third-order valence-corrected chi connectivity index (χ3v) is 4.19. The number of thiazole rings is 1. The van der Waals surface area contributed by atoms with Gasteiger partial charge in [-0.3, -0.25) is 0 Å². The Morgan fingerprint density at radius 2 is 2.47 bits per heavy atom. The Morgan fingerprint density at radius 1 is 1.67 bits per heavy atom. The molecule has 0 atom stereocenters. The molecule has 0 radical (unpaired) electrons. The molecule has 2 rings (SSSR count). The van der Waals surface area contributed by atoms with Gasteiger partial charge in [-0.1, -0.05) is 6.08 Å². The minimum absolute atomic E-state index is 0.698. The molecule has 0 aliphatic carbocycles. The number of hydrogen-bond donors (Lipinski definition) is 0. The summed E-state index contributed by atoms with van der Waals surface area (Å²) in [6.45, 7) is 4.41. The van der Waals surface area contributed by atoms with Crippen LogP contribution in [0.5, 0.6) is 0 Å². The highest BCUT2D eigenvalue weighted by atomic mass is 32.2. The molecule has 0 bridgehead atoms. The van der Waals surface area contributed by atoms with Crippen molar-refractivity contribution in [3.05, 3.63) is 22.9 Å². The topological polar surface area (TPSA) is 30.7 Å². The maximum atomic E-state index is 5.28. The quantitative estimate of drug-likeness (QED) is 0.365. The summed E-state index contributed by atoms with van der Waals surface area (Å²) in [5.41, 5.74) is 0.907. The largest absolute Gasteiger partial charge is 0.304 e. The molecule has 0 aromatic carbocycles. The van der Waals surface area contributed by atoms with Gasteiger partial charge in [0.2, 0.25) is 0 Å². The van der Waals surface area contributed by atoms with E-state index in [1.165, 1.54) is 0 Å². The van der Waals surface area contributed by atoms with Crippen molar-refractivity contribution in [1.82, 2.24) is 14.5 Å². The Labute approximate surface area is 101 Å². The summed E-state index contributed by atoms with van der Waals surface area (Å²) < 4.78 is 3.86. The number of fused-ring (bicyclic) bond motifs is 1. The molecular formula is C9H9N3S3. The average Bonchev–Trinajstić information content (AvgIpc) is 2.56. The van der Waals surface area contributed by atoms with Crippen LogP contribution >= 0.6 is 35.3 Å². The molecule has 2 aromatic heterocycles. The van der Waals surface area contributed by atoms with Crippen LogP contribution in [0.25, 0.3) is 10.3 Å². The van der Waals surface area contributed by atoms with Crippen LogP contribution in [0.2, 0.25) is 0 Å². The SMILES string of the molecule is C=CCn1c(=S)sc2c(SC)ncnc21. The molecule has 0 aliphatic heterocycles. The van der Waals surface area contributed by atoms with Gasteiger partial charge < -0.3 is 4.57 Å². The number of rotatable bonds is 3. The molecule has 0 saturated heterocycles. The van der Waals surface area contributed by atoms with E-state index < -0.39 is 0 Å². The van der Waals surface area contributed by atoms with Gasteiger partial charge in [0.1, 0.15) is 16.1 Å². The van der Waals surface area contributed by atoms with E-state index in [1.807, 2.05) is 16.9 Å². The average molecular weight is 255 g/mol. The summed E-state index contributed by atoms with van der Waals surface area (Å²) in [6, 6.07) is 0. The molecule has 2 aromatic rings. The summed E-state index contributed by atoms with van der Waals surface area (Å²) in [7, 11) is 0. The molecule has 2 heterocycles. The second-order valence-electron chi connectivity index (χ2n) is 2.80. The standard InChI is InChI=1S/C9H9N3S3/c1-3-4-12-7-6(15-9(12)13)8(14-2)11-5-10-7/h3,5H,1,4H2,2H3. The minimum atomic E-state index is 0.698. The Kier molecular flexibility index (Phi) is 3.18. The monoisotopic (exact) mass is 255 g/mol. The Bertz CT molecular complexity index is 555. The lowest BCUT2D eigenvalue weighted by molar-refractivity contribution is 0.842. The van der Waals surface area contributed by atoms with Crippen molar-refractivity contribution in [3.63, 3.8) is 0 Å². The van der Waals surface area contributed by atoms with Crippen LogP contribution in [-0.4, -0.2) is 20.8 Å². The maximum Gasteiger partial charge on any atom is 0.163 e. The summed E-state index contributed by atoms with van der Waals surface area (Å²) in [6.07, 6.45) is 5.40. The lowest BCUT2D eigenvalue weighted by Crippen LogP contribution is -1.96. The van der Waals surface area contributed by atoms with E-state index in [0.29, 0.717) is 6.54 Å². The molecule has 0 unspecified atom stereocenters. The van der Waals surface area contributed by atoms with Crippen LogP contribution in [0.1, 0.15) is 0 Å². The third-order valence-electron chi connectivity index (χ3n) is 1.92. The predicted octanol–water partition coefficient (Wildman–Crippen LogP) is 3.13. The fourth-order valence-corrected chi connectivity index (χ4v) is 3.35. The normalized spacial score (nSPS) is 10.7. The molecule has 0 fully saturated rings. The van der Waals surface area contributed by atoms with Crippen LogP contribution in [0.4, 0.5) is 0 Å². The Hall–Kier alpha value is -0.720. The summed E-state index contributed by atoms with van der Waals surface area (Å²) in [5.74, 6) is 0. The number of aromatic nitrogens is 3. The van der Waals surface area contributed by atoms with Crippen LogP contribution < -0.4 is 0 Å². The number of allylic oxidation sites excluding steroid dienone is 1. The van der Waals surface area contributed by atoms with Gasteiger partial charge in [-0.25, -0.2) is 9.97 Å². The van der Waals surface area contributed by atoms with E-state index in [1.54, 1.807) is 29.4 Å². The zero-order valence-corrected chi connectivity index (χ0v) is 10.6. The zero-order chi connectivity index (χ0) is 10.8. The zero-order valence-electron chi connectivity index (χ0n) is 8.14. The summed E-state index contributed by atoms with van der Waals surface area (Å²) >= 11 is 8.45. The van der Waals surface area contributed by atoms with E-state index in [2.05, 4.69) is 16.5 Å². The van der Waals surface area contributed by atoms with Gasteiger partial charge in [0.25, 0.3) is 0 Å². The number of nitrogens with zero attached hydrogens (tertiary/aromatic N) is 3. The van der Waals surface area contributed by atoms with Crippen molar-refractivity contribution < 1.29 is 0 Å². The van der Waals surface area contributed by atoms with Crippen molar-refractivity contribution in [2.45, 2.75) is 11.6 Å². The van der Waals surface area contributed by atoms with E-state index in [-0.39, 0.29) is 0 Å². The smallest absolute Gasteiger partial charge is 0.163 e. The van der Waals surface area contributed by atoms with Gasteiger partial charge >= 0.3 is 0 Å². The van der Waals surface area contributed by atoms with Crippen molar-refractivity contribution in [1.29, 1.82) is 0 Å². The highest BCUT2D eigenvalue weighted by molar-refractivity contribution is 7.98. The van der Waals surface area contributed by atoms with E-state index >= 15 is 0 Å². The maximum absolute atomic E-state index is 5.28. The van der Waals surface area contributed by atoms with Gasteiger partial charge in [-0.2, -0.15) is 0 Å². The molecule has 0 N–H and O–H groups in total. The number of thioether (sulfide) groups is 1. The highest BCUT2D eigenvalue weighted by Gasteiger charge is 2.09.